The van der Waals surface area contributed by atoms with Crippen LogP contribution in [0.2, 0.25) is 0 Å². The van der Waals surface area contributed by atoms with E-state index in [0.717, 1.165) is 5.56 Å². The van der Waals surface area contributed by atoms with Crippen molar-refractivity contribution in [3.8, 4) is 5.75 Å². The zero-order valence-electron chi connectivity index (χ0n) is 17.3. The Kier molecular flexibility index (Phi) is 11.6. The maximum atomic E-state index is 13.2. The maximum Gasteiger partial charge on any atom is 0.411 e. The molecule has 0 fully saturated rings. The lowest BCUT2D eigenvalue weighted by atomic mass is 10.2. The minimum atomic E-state index is -0.510. The summed E-state index contributed by atoms with van der Waals surface area (Å²) in [7, 11) is 1.32. The van der Waals surface area contributed by atoms with E-state index in [0.29, 0.717) is 37.0 Å². The SMILES string of the molecule is CCNC(=NCc1ccc(NC(=O)OC)cc1)NCC(C)Oc1cccc(F)c1.I. The summed E-state index contributed by atoms with van der Waals surface area (Å²) in [6.45, 7) is 5.57. The largest absolute Gasteiger partial charge is 0.489 e. The third kappa shape index (κ3) is 9.29. The fourth-order valence-electron chi connectivity index (χ4n) is 2.43. The van der Waals surface area contributed by atoms with Gasteiger partial charge >= 0.3 is 6.09 Å². The smallest absolute Gasteiger partial charge is 0.411 e. The molecule has 2 aromatic rings. The Bertz CT molecular complexity index is 818. The van der Waals surface area contributed by atoms with E-state index >= 15 is 0 Å². The number of nitrogens with one attached hydrogen (secondary N) is 3. The van der Waals surface area contributed by atoms with Crippen molar-refractivity contribution >= 4 is 41.7 Å². The molecule has 9 heteroatoms. The van der Waals surface area contributed by atoms with Gasteiger partial charge in [0, 0.05) is 18.3 Å². The van der Waals surface area contributed by atoms with Gasteiger partial charge in [-0.3, -0.25) is 5.32 Å². The summed E-state index contributed by atoms with van der Waals surface area (Å²) in [5, 5.41) is 8.99. The van der Waals surface area contributed by atoms with Gasteiger partial charge in [-0.15, -0.1) is 24.0 Å². The highest BCUT2D eigenvalue weighted by molar-refractivity contribution is 14.0. The predicted octanol–water partition coefficient (Wildman–Crippen LogP) is 4.14. The van der Waals surface area contributed by atoms with Crippen LogP contribution in [0.15, 0.2) is 53.5 Å². The number of rotatable bonds is 8. The molecule has 30 heavy (non-hydrogen) atoms. The fraction of sp³-hybridized carbons (Fsp3) is 0.333. The predicted molar refractivity (Wildman–Crippen MR) is 127 cm³/mol. The first-order valence-electron chi connectivity index (χ1n) is 9.38. The van der Waals surface area contributed by atoms with Crippen LogP contribution in [0.4, 0.5) is 14.9 Å². The van der Waals surface area contributed by atoms with Crippen molar-refractivity contribution in [1.82, 2.24) is 10.6 Å². The Balaban J connectivity index is 0.00000450. The average Bonchev–Trinajstić information content (AvgIpc) is 2.71. The lowest BCUT2D eigenvalue weighted by Crippen LogP contribution is -2.41. The van der Waals surface area contributed by atoms with Gasteiger partial charge in [0.15, 0.2) is 5.96 Å². The van der Waals surface area contributed by atoms with Gasteiger partial charge in [-0.05, 0) is 43.7 Å². The van der Waals surface area contributed by atoms with Crippen molar-refractivity contribution in [2.45, 2.75) is 26.5 Å². The van der Waals surface area contributed by atoms with Gasteiger partial charge in [0.25, 0.3) is 0 Å². The highest BCUT2D eigenvalue weighted by Gasteiger charge is 2.07. The normalized spacial score (nSPS) is 11.7. The number of ether oxygens (including phenoxy) is 2. The number of carbonyl (C=O) groups is 1. The van der Waals surface area contributed by atoms with Crippen LogP contribution in [0, 0.1) is 5.82 Å². The molecule has 0 radical (unpaired) electrons. The second kappa shape index (κ2) is 13.6. The van der Waals surface area contributed by atoms with Gasteiger partial charge in [-0.25, -0.2) is 14.2 Å². The molecule has 0 saturated carbocycles. The van der Waals surface area contributed by atoms with Crippen LogP contribution in [0.3, 0.4) is 0 Å². The summed E-state index contributed by atoms with van der Waals surface area (Å²) in [6, 6.07) is 13.4. The Hall–Kier alpha value is -2.56. The molecule has 0 aliphatic rings. The van der Waals surface area contributed by atoms with Crippen LogP contribution in [0.5, 0.6) is 5.75 Å². The molecule has 0 saturated heterocycles. The zero-order chi connectivity index (χ0) is 21.1. The quantitative estimate of drug-likeness (QED) is 0.272. The minimum Gasteiger partial charge on any atom is -0.489 e. The van der Waals surface area contributed by atoms with Crippen molar-refractivity contribution in [2.24, 2.45) is 4.99 Å². The number of carbonyl (C=O) groups excluding carboxylic acids is 1. The molecule has 0 bridgehead atoms. The van der Waals surface area contributed by atoms with Gasteiger partial charge in [-0.2, -0.15) is 0 Å². The second-order valence-corrected chi connectivity index (χ2v) is 6.28. The van der Waals surface area contributed by atoms with Crippen molar-refractivity contribution in [3.63, 3.8) is 0 Å². The van der Waals surface area contributed by atoms with E-state index in [1.165, 1.54) is 19.2 Å². The number of aliphatic imine (C=N–C) groups is 1. The standard InChI is InChI=1S/C21H27FN4O3.HI/c1-4-23-20(24-13-15(2)29-19-7-5-6-17(22)12-19)25-14-16-8-10-18(11-9-16)26-21(27)28-3;/h5-12,15H,4,13-14H2,1-3H3,(H,26,27)(H2,23,24,25);1H. The van der Waals surface area contributed by atoms with E-state index in [4.69, 9.17) is 4.74 Å². The van der Waals surface area contributed by atoms with E-state index < -0.39 is 6.09 Å². The number of benzene rings is 2. The van der Waals surface area contributed by atoms with E-state index in [1.807, 2.05) is 26.0 Å². The molecule has 2 aromatic carbocycles. The van der Waals surface area contributed by atoms with Crippen molar-refractivity contribution < 1.29 is 18.7 Å². The topological polar surface area (TPSA) is 84.0 Å². The average molecular weight is 530 g/mol. The van der Waals surface area contributed by atoms with Crippen LogP contribution in [-0.4, -0.2) is 38.4 Å². The number of anilines is 1. The van der Waals surface area contributed by atoms with Crippen LogP contribution >= 0.6 is 24.0 Å². The van der Waals surface area contributed by atoms with Crippen molar-refractivity contribution in [2.75, 3.05) is 25.5 Å². The molecule has 0 heterocycles. The number of hydrogen-bond acceptors (Lipinski definition) is 4. The Morgan fingerprint density at radius 3 is 2.53 bits per heavy atom. The fourth-order valence-corrected chi connectivity index (χ4v) is 2.43. The molecule has 2 rings (SSSR count). The monoisotopic (exact) mass is 530 g/mol. The van der Waals surface area contributed by atoms with Gasteiger partial charge in [-0.1, -0.05) is 18.2 Å². The van der Waals surface area contributed by atoms with E-state index in [9.17, 15) is 9.18 Å². The first-order valence-corrected chi connectivity index (χ1v) is 9.38. The molecule has 164 valence electrons. The summed E-state index contributed by atoms with van der Waals surface area (Å²) in [6.07, 6.45) is -0.687. The van der Waals surface area contributed by atoms with Gasteiger partial charge in [0.05, 0.1) is 20.2 Å². The van der Waals surface area contributed by atoms with Crippen LogP contribution in [0.25, 0.3) is 0 Å². The highest BCUT2D eigenvalue weighted by Crippen LogP contribution is 2.13. The number of guanidine groups is 1. The summed E-state index contributed by atoms with van der Waals surface area (Å²) >= 11 is 0. The van der Waals surface area contributed by atoms with Gasteiger partial charge in [0.2, 0.25) is 0 Å². The molecule has 3 N–H and O–H groups in total. The number of amides is 1. The van der Waals surface area contributed by atoms with E-state index in [2.05, 4.69) is 25.7 Å². The summed E-state index contributed by atoms with van der Waals surface area (Å²) < 4.78 is 23.5. The highest BCUT2D eigenvalue weighted by atomic mass is 127. The molecule has 0 aromatic heterocycles. The Morgan fingerprint density at radius 1 is 1.17 bits per heavy atom. The lowest BCUT2D eigenvalue weighted by molar-refractivity contribution is 0.187. The van der Waals surface area contributed by atoms with Crippen molar-refractivity contribution in [3.05, 3.63) is 59.9 Å². The lowest BCUT2D eigenvalue weighted by Gasteiger charge is -2.17. The Labute approximate surface area is 193 Å². The third-order valence-electron chi connectivity index (χ3n) is 3.84. The van der Waals surface area contributed by atoms with E-state index in [-0.39, 0.29) is 35.9 Å². The van der Waals surface area contributed by atoms with Crippen LogP contribution < -0.4 is 20.7 Å². The summed E-state index contributed by atoms with van der Waals surface area (Å²) in [5.74, 6) is 0.811. The van der Waals surface area contributed by atoms with E-state index in [1.54, 1.807) is 24.3 Å². The zero-order valence-corrected chi connectivity index (χ0v) is 19.6. The minimum absolute atomic E-state index is 0. The van der Waals surface area contributed by atoms with Crippen LogP contribution in [-0.2, 0) is 11.3 Å². The molecule has 7 nitrogen and oxygen atoms in total. The molecule has 0 aliphatic heterocycles. The third-order valence-corrected chi connectivity index (χ3v) is 3.84. The molecule has 0 aliphatic carbocycles. The summed E-state index contributed by atoms with van der Waals surface area (Å²) in [4.78, 5) is 15.8. The molecule has 0 spiro atoms. The molecule has 1 unspecified atom stereocenters. The second-order valence-electron chi connectivity index (χ2n) is 6.28. The molecular formula is C21H28FIN4O3. The first-order chi connectivity index (χ1) is 14.0. The number of halogens is 2. The number of nitrogens with zero attached hydrogens (tertiary/aromatic N) is 1. The van der Waals surface area contributed by atoms with Crippen LogP contribution in [0.1, 0.15) is 19.4 Å². The Morgan fingerprint density at radius 2 is 1.90 bits per heavy atom. The number of hydrogen-bond donors (Lipinski definition) is 3. The van der Waals surface area contributed by atoms with Gasteiger partial charge < -0.3 is 20.1 Å². The summed E-state index contributed by atoms with van der Waals surface area (Å²) in [5.41, 5.74) is 1.64. The molecule has 1 atom stereocenters. The molecule has 1 amide bonds. The van der Waals surface area contributed by atoms with Crippen molar-refractivity contribution in [1.29, 1.82) is 0 Å². The first kappa shape index (κ1) is 25.5. The number of methoxy groups -OCH3 is 1. The maximum absolute atomic E-state index is 13.2. The molecular weight excluding hydrogens is 502 g/mol. The van der Waals surface area contributed by atoms with Gasteiger partial charge in [0.1, 0.15) is 17.7 Å².